The molecule has 2 aromatic heterocycles. The van der Waals surface area contributed by atoms with Gasteiger partial charge in [-0.05, 0) is 24.6 Å². The smallest absolute Gasteiger partial charge is 0.276 e. The second-order valence-electron chi connectivity index (χ2n) is 5.34. The number of rotatable bonds is 5. The maximum atomic E-state index is 14.0. The lowest BCUT2D eigenvalue weighted by Gasteiger charge is -2.12. The average Bonchev–Trinajstić information content (AvgIpc) is 3.24. The lowest BCUT2D eigenvalue weighted by molar-refractivity contribution is 0.0905. The number of hydrogen-bond acceptors (Lipinski definition) is 6. The minimum atomic E-state index is -0.852. The van der Waals surface area contributed by atoms with Crippen LogP contribution in [0, 0.1) is 12.7 Å². The first-order valence-corrected chi connectivity index (χ1v) is 7.31. The molecule has 1 amide bonds. The zero-order valence-electron chi connectivity index (χ0n) is 13.1. The summed E-state index contributed by atoms with van der Waals surface area (Å²) in [5.74, 6) is -1.47. The molecule has 1 atom stereocenters. The van der Waals surface area contributed by atoms with E-state index >= 15 is 0 Å². The third kappa shape index (κ3) is 3.33. The van der Waals surface area contributed by atoms with Crippen molar-refractivity contribution < 1.29 is 19.4 Å². The molecule has 3 rings (SSSR count). The zero-order chi connectivity index (χ0) is 18.0. The van der Waals surface area contributed by atoms with E-state index in [0.29, 0.717) is 0 Å². The van der Waals surface area contributed by atoms with Crippen molar-refractivity contribution in [1.29, 1.82) is 0 Å². The van der Waals surface area contributed by atoms with Gasteiger partial charge in [0, 0.05) is 0 Å². The fourth-order valence-corrected chi connectivity index (χ4v) is 2.26. The molecule has 0 unspecified atom stereocenters. The summed E-state index contributed by atoms with van der Waals surface area (Å²) in [5.41, 5.74) is 0.588. The Kier molecular flexibility index (Phi) is 4.44. The number of benzene rings is 1. The molecule has 0 radical (unpaired) electrons. The van der Waals surface area contributed by atoms with E-state index in [-0.39, 0.29) is 17.2 Å². The normalized spacial score (nSPS) is 12.1. The molecule has 0 saturated carbocycles. The average molecular weight is 346 g/mol. The highest BCUT2D eigenvalue weighted by Gasteiger charge is 2.23. The van der Waals surface area contributed by atoms with E-state index in [0.717, 1.165) is 16.4 Å². The Labute approximate surface area is 141 Å². The van der Waals surface area contributed by atoms with Crippen LogP contribution in [0.4, 0.5) is 4.39 Å². The molecule has 0 aliphatic heterocycles. The molecule has 0 aliphatic carbocycles. The number of nitrogens with zero attached hydrogens (tertiary/aromatic N) is 4. The topological polar surface area (TPSA) is 129 Å². The number of aromatic hydroxyl groups is 1. The summed E-state index contributed by atoms with van der Waals surface area (Å²) in [4.78, 5) is 16.2. The number of H-pyrrole nitrogens is 1. The predicted molar refractivity (Wildman–Crippen MR) is 83.6 cm³/mol. The number of aliphatic hydroxyl groups excluding tert-OH is 1. The number of amides is 1. The molecule has 0 saturated heterocycles. The minimum Gasteiger partial charge on any atom is -0.504 e. The molecule has 0 aliphatic rings. The highest BCUT2D eigenvalue weighted by Crippen LogP contribution is 2.21. The number of hydrogen-bond donors (Lipinski definition) is 4. The highest BCUT2D eigenvalue weighted by molar-refractivity contribution is 5.95. The molecule has 4 N–H and O–H groups in total. The first kappa shape index (κ1) is 16.6. The number of aliphatic hydroxyl groups is 1. The summed E-state index contributed by atoms with van der Waals surface area (Å²) in [7, 11) is 0. The summed E-state index contributed by atoms with van der Waals surface area (Å²) in [6, 6.07) is 3.55. The molecule has 1 aromatic carbocycles. The largest absolute Gasteiger partial charge is 0.504 e. The van der Waals surface area contributed by atoms with E-state index < -0.39 is 30.1 Å². The van der Waals surface area contributed by atoms with Gasteiger partial charge in [-0.15, -0.1) is 0 Å². The third-order valence-corrected chi connectivity index (χ3v) is 3.51. The molecule has 25 heavy (non-hydrogen) atoms. The van der Waals surface area contributed by atoms with Crippen LogP contribution in [0.15, 0.2) is 30.7 Å². The van der Waals surface area contributed by atoms with Gasteiger partial charge in [0.25, 0.3) is 5.91 Å². The Morgan fingerprint density at radius 1 is 1.48 bits per heavy atom. The van der Waals surface area contributed by atoms with E-state index in [1.807, 2.05) is 0 Å². The first-order valence-electron chi connectivity index (χ1n) is 7.31. The van der Waals surface area contributed by atoms with Crippen LogP contribution in [0.5, 0.6) is 5.75 Å². The standard InChI is InChI=1S/C15H15FN6O3/c1-8-2-3-9(16)11(4-8)22-5-12(24)13(21-22)15(25)19-10(6-23)14-17-7-18-20-14/h2-5,7,10,23-24H,6H2,1H3,(H,19,25)(H,17,18,20)/t10-/m1/s1. The minimum absolute atomic E-state index is 0.100. The van der Waals surface area contributed by atoms with Crippen molar-refractivity contribution >= 4 is 5.91 Å². The van der Waals surface area contributed by atoms with Crippen LogP contribution in [0.2, 0.25) is 0 Å². The van der Waals surface area contributed by atoms with Crippen LogP contribution < -0.4 is 5.32 Å². The maximum Gasteiger partial charge on any atom is 0.276 e. The van der Waals surface area contributed by atoms with Crippen LogP contribution in [0.25, 0.3) is 5.69 Å². The van der Waals surface area contributed by atoms with E-state index in [9.17, 15) is 19.4 Å². The van der Waals surface area contributed by atoms with Crippen molar-refractivity contribution in [2.24, 2.45) is 0 Å². The molecule has 0 fully saturated rings. The molecule has 0 spiro atoms. The number of carbonyl (C=O) groups is 1. The molecule has 10 heteroatoms. The quantitative estimate of drug-likeness (QED) is 0.536. The molecular weight excluding hydrogens is 331 g/mol. The molecule has 130 valence electrons. The Morgan fingerprint density at radius 2 is 2.28 bits per heavy atom. The molecule has 0 bridgehead atoms. The fourth-order valence-electron chi connectivity index (χ4n) is 2.26. The van der Waals surface area contributed by atoms with Crippen molar-refractivity contribution in [3.63, 3.8) is 0 Å². The summed E-state index contributed by atoms with van der Waals surface area (Å²) in [5, 5.41) is 31.9. The van der Waals surface area contributed by atoms with Crippen LogP contribution in [-0.4, -0.2) is 47.7 Å². The first-order chi connectivity index (χ1) is 12.0. The van der Waals surface area contributed by atoms with Crippen molar-refractivity contribution in [2.45, 2.75) is 13.0 Å². The summed E-state index contributed by atoms with van der Waals surface area (Å²) >= 11 is 0. The number of aryl methyl sites for hydroxylation is 1. The van der Waals surface area contributed by atoms with Crippen molar-refractivity contribution in [3.8, 4) is 11.4 Å². The van der Waals surface area contributed by atoms with Gasteiger partial charge in [-0.1, -0.05) is 6.07 Å². The summed E-state index contributed by atoms with van der Waals surface area (Å²) in [6.07, 6.45) is 2.37. The van der Waals surface area contributed by atoms with Gasteiger partial charge in [0.15, 0.2) is 11.4 Å². The molecule has 9 nitrogen and oxygen atoms in total. The molecule has 2 heterocycles. The van der Waals surface area contributed by atoms with E-state index in [1.54, 1.807) is 13.0 Å². The fraction of sp³-hybridized carbons (Fsp3) is 0.200. The Hall–Kier alpha value is -3.27. The van der Waals surface area contributed by atoms with Crippen LogP contribution in [-0.2, 0) is 0 Å². The lowest BCUT2D eigenvalue weighted by atomic mass is 10.2. The van der Waals surface area contributed by atoms with E-state index in [4.69, 9.17) is 0 Å². The van der Waals surface area contributed by atoms with E-state index in [2.05, 4.69) is 25.6 Å². The van der Waals surface area contributed by atoms with Crippen LogP contribution >= 0.6 is 0 Å². The summed E-state index contributed by atoms with van der Waals surface area (Å²) < 4.78 is 15.0. The lowest BCUT2D eigenvalue weighted by Crippen LogP contribution is -2.32. The van der Waals surface area contributed by atoms with Crippen molar-refractivity contribution in [3.05, 3.63) is 53.6 Å². The maximum absolute atomic E-state index is 14.0. The van der Waals surface area contributed by atoms with Crippen molar-refractivity contribution in [2.75, 3.05) is 6.61 Å². The number of aromatic nitrogens is 5. The SMILES string of the molecule is Cc1ccc(F)c(-n2cc(O)c(C(=O)N[C@H](CO)c3ncn[nH]3)n2)c1. The number of nitrogens with one attached hydrogen (secondary N) is 2. The number of aromatic amines is 1. The zero-order valence-corrected chi connectivity index (χ0v) is 13.1. The highest BCUT2D eigenvalue weighted by atomic mass is 19.1. The van der Waals surface area contributed by atoms with Gasteiger partial charge in [-0.3, -0.25) is 9.89 Å². The third-order valence-electron chi connectivity index (χ3n) is 3.51. The van der Waals surface area contributed by atoms with Gasteiger partial charge in [-0.25, -0.2) is 14.1 Å². The Bertz CT molecular complexity index is 893. The second-order valence-corrected chi connectivity index (χ2v) is 5.34. The van der Waals surface area contributed by atoms with Crippen LogP contribution in [0.3, 0.4) is 0 Å². The van der Waals surface area contributed by atoms with Gasteiger partial charge in [-0.2, -0.15) is 10.2 Å². The predicted octanol–water partition coefficient (Wildman–Crippen LogP) is 0.607. The summed E-state index contributed by atoms with van der Waals surface area (Å²) in [6.45, 7) is 1.35. The van der Waals surface area contributed by atoms with Gasteiger partial charge in [0.05, 0.1) is 12.8 Å². The van der Waals surface area contributed by atoms with Gasteiger partial charge in [0.1, 0.15) is 29.7 Å². The Morgan fingerprint density at radius 3 is 2.96 bits per heavy atom. The van der Waals surface area contributed by atoms with Crippen LogP contribution in [0.1, 0.15) is 27.9 Å². The van der Waals surface area contributed by atoms with E-state index in [1.165, 1.54) is 18.5 Å². The Balaban J connectivity index is 1.87. The van der Waals surface area contributed by atoms with Gasteiger partial charge >= 0.3 is 0 Å². The monoisotopic (exact) mass is 346 g/mol. The second kappa shape index (κ2) is 6.69. The molecule has 3 aromatic rings. The molecular formula is C15H15FN6O3. The van der Waals surface area contributed by atoms with Gasteiger partial charge < -0.3 is 15.5 Å². The number of halogens is 1. The number of carbonyl (C=O) groups excluding carboxylic acids is 1. The van der Waals surface area contributed by atoms with Gasteiger partial charge in [0.2, 0.25) is 0 Å². The van der Waals surface area contributed by atoms with Crippen molar-refractivity contribution in [1.82, 2.24) is 30.3 Å².